The van der Waals surface area contributed by atoms with E-state index in [1.807, 2.05) is 0 Å². The molecule has 180 valence electrons. The Balaban J connectivity index is 3.06. The second kappa shape index (κ2) is 26.3. The molecule has 0 N–H and O–H groups in total. The van der Waals surface area contributed by atoms with Crippen LogP contribution in [0.25, 0.3) is 0 Å². The number of hydrogen-bond donors (Lipinski definition) is 0. The van der Waals surface area contributed by atoms with Gasteiger partial charge < -0.3 is 9.47 Å². The summed E-state index contributed by atoms with van der Waals surface area (Å²) in [5.41, 5.74) is 0. The summed E-state index contributed by atoms with van der Waals surface area (Å²) in [7, 11) is 0. The van der Waals surface area contributed by atoms with Crippen LogP contribution < -0.4 is 0 Å². The lowest BCUT2D eigenvalue weighted by atomic mass is 10.0. The van der Waals surface area contributed by atoms with Gasteiger partial charge >= 0.3 is 6.16 Å². The van der Waals surface area contributed by atoms with Gasteiger partial charge in [0.05, 0.1) is 13.2 Å². The summed E-state index contributed by atoms with van der Waals surface area (Å²) in [5, 5.41) is 0. The third-order valence-corrected chi connectivity index (χ3v) is 5.94. The molecule has 0 aromatic heterocycles. The first-order valence-corrected chi connectivity index (χ1v) is 13.6. The summed E-state index contributed by atoms with van der Waals surface area (Å²) in [6, 6.07) is 0. The van der Waals surface area contributed by atoms with Crippen LogP contribution in [0.1, 0.15) is 155 Å². The van der Waals surface area contributed by atoms with Crippen molar-refractivity contribution < 1.29 is 14.3 Å². The first-order chi connectivity index (χ1) is 14.8. The zero-order chi connectivity index (χ0) is 22.0. The van der Waals surface area contributed by atoms with Gasteiger partial charge in [0.25, 0.3) is 0 Å². The van der Waals surface area contributed by atoms with Crippen LogP contribution in [0, 0.1) is 0 Å². The van der Waals surface area contributed by atoms with Crippen molar-refractivity contribution in [2.45, 2.75) is 155 Å². The van der Waals surface area contributed by atoms with Crippen molar-refractivity contribution in [3.8, 4) is 0 Å². The standard InChI is InChI=1S/C27H54O3/c1-3-5-7-8-9-10-11-12-13-14-15-16-17-18-19-20-21-22-23-24-26-30-27(28)29-25-6-4-2/h3-26H2,1-2H3. The van der Waals surface area contributed by atoms with E-state index in [0.717, 1.165) is 25.7 Å². The second-order valence-electron chi connectivity index (χ2n) is 9.02. The van der Waals surface area contributed by atoms with Crippen molar-refractivity contribution in [1.82, 2.24) is 0 Å². The van der Waals surface area contributed by atoms with Crippen molar-refractivity contribution in [2.24, 2.45) is 0 Å². The van der Waals surface area contributed by atoms with Crippen LogP contribution >= 0.6 is 0 Å². The zero-order valence-electron chi connectivity index (χ0n) is 20.7. The monoisotopic (exact) mass is 426 g/mol. The summed E-state index contributed by atoms with van der Waals surface area (Å²) in [6.45, 7) is 5.35. The van der Waals surface area contributed by atoms with E-state index in [-0.39, 0.29) is 0 Å². The third-order valence-electron chi connectivity index (χ3n) is 5.94. The van der Waals surface area contributed by atoms with E-state index in [0.29, 0.717) is 13.2 Å². The highest BCUT2D eigenvalue weighted by Gasteiger charge is 2.02. The first kappa shape index (κ1) is 29.3. The second-order valence-corrected chi connectivity index (χ2v) is 9.02. The van der Waals surface area contributed by atoms with E-state index < -0.39 is 6.16 Å². The number of ether oxygens (including phenoxy) is 2. The highest BCUT2D eigenvalue weighted by molar-refractivity contribution is 5.59. The van der Waals surface area contributed by atoms with Crippen LogP contribution in [0.5, 0.6) is 0 Å². The van der Waals surface area contributed by atoms with Crippen LogP contribution in [0.4, 0.5) is 4.79 Å². The van der Waals surface area contributed by atoms with Crippen molar-refractivity contribution in [1.29, 1.82) is 0 Å². The van der Waals surface area contributed by atoms with Crippen molar-refractivity contribution in [2.75, 3.05) is 13.2 Å². The Morgan fingerprint density at radius 2 is 0.667 bits per heavy atom. The molecule has 0 radical (unpaired) electrons. The molecule has 0 unspecified atom stereocenters. The van der Waals surface area contributed by atoms with E-state index in [4.69, 9.17) is 9.47 Å². The van der Waals surface area contributed by atoms with E-state index in [1.165, 1.54) is 116 Å². The molecular formula is C27H54O3. The van der Waals surface area contributed by atoms with Crippen LogP contribution in [-0.2, 0) is 9.47 Å². The van der Waals surface area contributed by atoms with Gasteiger partial charge in [-0.2, -0.15) is 0 Å². The molecule has 0 rings (SSSR count). The Morgan fingerprint density at radius 3 is 1.00 bits per heavy atom. The number of unbranched alkanes of at least 4 members (excludes halogenated alkanes) is 20. The highest BCUT2D eigenvalue weighted by Crippen LogP contribution is 2.14. The molecule has 0 spiro atoms. The maximum atomic E-state index is 11.3. The lowest BCUT2D eigenvalue weighted by Crippen LogP contribution is -2.09. The summed E-state index contributed by atoms with van der Waals surface area (Å²) in [5.74, 6) is 0. The molecule has 0 aliphatic rings. The fraction of sp³-hybridized carbons (Fsp3) is 0.963. The highest BCUT2D eigenvalue weighted by atomic mass is 16.7. The molecule has 0 saturated heterocycles. The van der Waals surface area contributed by atoms with Crippen LogP contribution in [-0.4, -0.2) is 19.4 Å². The van der Waals surface area contributed by atoms with Gasteiger partial charge in [0.2, 0.25) is 0 Å². The third kappa shape index (κ3) is 25.3. The average Bonchev–Trinajstić information content (AvgIpc) is 2.75. The van der Waals surface area contributed by atoms with E-state index in [2.05, 4.69) is 13.8 Å². The SMILES string of the molecule is CCCCCCCCCCCCCCCCCCCCCCOC(=O)OCCCC. The van der Waals surface area contributed by atoms with Gasteiger partial charge in [0.1, 0.15) is 0 Å². The van der Waals surface area contributed by atoms with E-state index >= 15 is 0 Å². The predicted octanol–water partition coefficient (Wildman–Crippen LogP) is 9.76. The van der Waals surface area contributed by atoms with Crippen LogP contribution in [0.2, 0.25) is 0 Å². The molecule has 0 saturated carbocycles. The van der Waals surface area contributed by atoms with E-state index in [9.17, 15) is 4.79 Å². The molecule has 0 amide bonds. The summed E-state index contributed by atoms with van der Waals surface area (Å²) in [6.07, 6.45) is 29.0. The number of carbonyl (C=O) groups is 1. The number of hydrogen-bond acceptors (Lipinski definition) is 3. The first-order valence-electron chi connectivity index (χ1n) is 13.6. The smallest absolute Gasteiger partial charge is 0.434 e. The van der Waals surface area contributed by atoms with Gasteiger partial charge in [-0.1, -0.05) is 142 Å². The average molecular weight is 427 g/mol. The van der Waals surface area contributed by atoms with Gasteiger partial charge in [0.15, 0.2) is 0 Å². The van der Waals surface area contributed by atoms with Gasteiger partial charge in [-0.25, -0.2) is 4.79 Å². The molecular weight excluding hydrogens is 372 g/mol. The molecule has 0 bridgehead atoms. The van der Waals surface area contributed by atoms with Gasteiger partial charge in [-0.05, 0) is 12.8 Å². The number of rotatable bonds is 24. The van der Waals surface area contributed by atoms with E-state index in [1.54, 1.807) is 0 Å². The Labute approximate surface area is 189 Å². The van der Waals surface area contributed by atoms with Crippen molar-refractivity contribution in [3.05, 3.63) is 0 Å². The maximum absolute atomic E-state index is 11.3. The molecule has 0 aromatic rings. The van der Waals surface area contributed by atoms with Crippen LogP contribution in [0.3, 0.4) is 0 Å². The van der Waals surface area contributed by atoms with Gasteiger partial charge in [-0.15, -0.1) is 0 Å². The Hall–Kier alpha value is -0.730. The lowest BCUT2D eigenvalue weighted by Gasteiger charge is -2.06. The molecule has 3 nitrogen and oxygen atoms in total. The molecule has 0 atom stereocenters. The fourth-order valence-electron chi connectivity index (χ4n) is 3.85. The van der Waals surface area contributed by atoms with Crippen molar-refractivity contribution in [3.63, 3.8) is 0 Å². The summed E-state index contributed by atoms with van der Waals surface area (Å²) < 4.78 is 10.0. The van der Waals surface area contributed by atoms with Crippen LogP contribution in [0.15, 0.2) is 0 Å². The molecule has 0 heterocycles. The van der Waals surface area contributed by atoms with Gasteiger partial charge in [-0.3, -0.25) is 0 Å². The Kier molecular flexibility index (Phi) is 25.7. The lowest BCUT2D eigenvalue weighted by molar-refractivity contribution is 0.0532. The Bertz CT molecular complexity index is 330. The molecule has 30 heavy (non-hydrogen) atoms. The minimum Gasteiger partial charge on any atom is -0.434 e. The molecule has 0 aromatic carbocycles. The normalized spacial score (nSPS) is 11.0. The molecule has 3 heteroatoms. The quantitative estimate of drug-likeness (QED) is 0.114. The molecule has 0 aliphatic heterocycles. The summed E-state index contributed by atoms with van der Waals surface area (Å²) in [4.78, 5) is 11.3. The minimum absolute atomic E-state index is 0.481. The van der Waals surface area contributed by atoms with Gasteiger partial charge in [0, 0.05) is 0 Å². The topological polar surface area (TPSA) is 35.5 Å². The number of carbonyl (C=O) groups excluding carboxylic acids is 1. The predicted molar refractivity (Wildman–Crippen MR) is 130 cm³/mol. The minimum atomic E-state index is -0.499. The fourth-order valence-corrected chi connectivity index (χ4v) is 3.85. The maximum Gasteiger partial charge on any atom is 0.508 e. The largest absolute Gasteiger partial charge is 0.508 e. The summed E-state index contributed by atoms with van der Waals surface area (Å²) >= 11 is 0. The Morgan fingerprint density at radius 1 is 0.400 bits per heavy atom. The molecule has 0 fully saturated rings. The molecule has 0 aliphatic carbocycles. The van der Waals surface area contributed by atoms with Crippen molar-refractivity contribution >= 4 is 6.16 Å². The zero-order valence-corrected chi connectivity index (χ0v) is 20.7.